The molecule has 0 N–H and O–H groups in total. The first-order chi connectivity index (χ1) is 8.10. The zero-order valence-electron chi connectivity index (χ0n) is 10.4. The molecule has 1 fully saturated rings. The van der Waals surface area contributed by atoms with Gasteiger partial charge in [0.1, 0.15) is 0 Å². The highest BCUT2D eigenvalue weighted by molar-refractivity contribution is 9.10. The lowest BCUT2D eigenvalue weighted by atomic mass is 9.72. The molecule has 0 heterocycles. The molecular weight excluding hydrogens is 296 g/mol. The first-order valence-electron chi connectivity index (χ1n) is 6.49. The van der Waals surface area contributed by atoms with Gasteiger partial charge in [-0.15, -0.1) is 11.6 Å². The molecule has 17 heavy (non-hydrogen) atoms. The third-order valence-electron chi connectivity index (χ3n) is 4.06. The molecule has 0 amide bonds. The van der Waals surface area contributed by atoms with Crippen molar-refractivity contribution in [2.45, 2.75) is 50.8 Å². The molecule has 1 aliphatic rings. The van der Waals surface area contributed by atoms with Crippen LogP contribution in [0.25, 0.3) is 0 Å². The molecule has 1 aliphatic carbocycles. The van der Waals surface area contributed by atoms with Gasteiger partial charge in [-0.25, -0.2) is 0 Å². The van der Waals surface area contributed by atoms with Crippen molar-refractivity contribution in [3.05, 3.63) is 34.3 Å². The monoisotopic (exact) mass is 314 g/mol. The summed E-state index contributed by atoms with van der Waals surface area (Å²) >= 11 is 10.2. The van der Waals surface area contributed by atoms with Gasteiger partial charge in [-0.3, -0.25) is 0 Å². The Balaban J connectivity index is 2.02. The Morgan fingerprint density at radius 2 is 2.00 bits per heavy atom. The van der Waals surface area contributed by atoms with Gasteiger partial charge in [-0.2, -0.15) is 0 Å². The lowest BCUT2D eigenvalue weighted by Crippen LogP contribution is -2.32. The fraction of sp³-hybridized carbons (Fsp3) is 0.600. The van der Waals surface area contributed by atoms with E-state index in [1.165, 1.54) is 37.7 Å². The molecule has 1 aromatic carbocycles. The summed E-state index contributed by atoms with van der Waals surface area (Å²) in [5, 5.41) is 0.261. The van der Waals surface area contributed by atoms with Gasteiger partial charge in [0.15, 0.2) is 0 Å². The second kappa shape index (κ2) is 5.75. The van der Waals surface area contributed by atoms with Crippen LogP contribution in [0.2, 0.25) is 0 Å². The molecule has 0 radical (unpaired) electrons. The highest BCUT2D eigenvalue weighted by atomic mass is 79.9. The number of hydrogen-bond donors (Lipinski definition) is 0. The molecule has 1 atom stereocenters. The smallest absolute Gasteiger partial charge is 0.0430 e. The van der Waals surface area contributed by atoms with Crippen LogP contribution in [0, 0.1) is 5.41 Å². The predicted octanol–water partition coefficient (Wildman–Crippen LogP) is 5.57. The van der Waals surface area contributed by atoms with E-state index < -0.39 is 0 Å². The van der Waals surface area contributed by atoms with E-state index in [4.69, 9.17) is 11.6 Å². The minimum atomic E-state index is 0.261. The van der Waals surface area contributed by atoms with Crippen molar-refractivity contribution in [2.75, 3.05) is 0 Å². The van der Waals surface area contributed by atoms with Gasteiger partial charge in [0.05, 0.1) is 0 Å². The van der Waals surface area contributed by atoms with Crippen molar-refractivity contribution in [1.29, 1.82) is 0 Å². The largest absolute Gasteiger partial charge is 0.122 e. The Kier molecular flexibility index (Phi) is 4.54. The molecule has 0 aromatic heterocycles. The fourth-order valence-corrected chi connectivity index (χ4v) is 3.63. The molecule has 1 aromatic rings. The van der Waals surface area contributed by atoms with E-state index in [1.54, 1.807) is 0 Å². The van der Waals surface area contributed by atoms with Gasteiger partial charge in [0.2, 0.25) is 0 Å². The Bertz CT molecular complexity index is 369. The van der Waals surface area contributed by atoms with E-state index in [-0.39, 0.29) is 5.38 Å². The van der Waals surface area contributed by atoms with E-state index in [0.717, 1.165) is 10.9 Å². The van der Waals surface area contributed by atoms with Crippen molar-refractivity contribution >= 4 is 27.5 Å². The maximum Gasteiger partial charge on any atom is 0.0430 e. The molecule has 0 spiro atoms. The van der Waals surface area contributed by atoms with Crippen LogP contribution < -0.4 is 0 Å². The third kappa shape index (κ3) is 3.48. The molecule has 1 unspecified atom stereocenters. The summed E-state index contributed by atoms with van der Waals surface area (Å²) in [6.45, 7) is 2.36. The summed E-state index contributed by atoms with van der Waals surface area (Å²) in [5.41, 5.74) is 1.67. The Morgan fingerprint density at radius 1 is 1.29 bits per heavy atom. The van der Waals surface area contributed by atoms with Gasteiger partial charge >= 0.3 is 0 Å². The molecule has 0 aliphatic heterocycles. The molecular formula is C15H20BrCl. The maximum absolute atomic E-state index is 6.67. The molecule has 0 saturated heterocycles. The topological polar surface area (TPSA) is 0 Å². The van der Waals surface area contributed by atoms with Crippen LogP contribution >= 0.6 is 27.5 Å². The highest BCUT2D eigenvalue weighted by Crippen LogP contribution is 2.42. The van der Waals surface area contributed by atoms with Gasteiger partial charge in [-0.1, -0.05) is 54.2 Å². The minimum Gasteiger partial charge on any atom is -0.122 e. The van der Waals surface area contributed by atoms with Crippen LogP contribution in [-0.4, -0.2) is 5.38 Å². The first-order valence-corrected chi connectivity index (χ1v) is 7.72. The van der Waals surface area contributed by atoms with E-state index in [0.29, 0.717) is 5.41 Å². The summed E-state index contributed by atoms with van der Waals surface area (Å²) in [6.07, 6.45) is 7.63. The van der Waals surface area contributed by atoms with Crippen molar-refractivity contribution in [3.63, 3.8) is 0 Å². The summed E-state index contributed by atoms with van der Waals surface area (Å²) in [4.78, 5) is 0. The summed E-state index contributed by atoms with van der Waals surface area (Å²) in [6, 6.07) is 8.51. The standard InChI is InChI=1S/C15H20BrCl/c1-15(8-3-2-4-9-15)14(17)11-12-6-5-7-13(16)10-12/h5-7,10,14H,2-4,8-9,11H2,1H3. The normalized spacial score (nSPS) is 21.1. The van der Waals surface area contributed by atoms with Crippen molar-refractivity contribution in [3.8, 4) is 0 Å². The van der Waals surface area contributed by atoms with Gasteiger partial charge in [0, 0.05) is 9.85 Å². The molecule has 0 nitrogen and oxygen atoms in total. The lowest BCUT2D eigenvalue weighted by molar-refractivity contribution is 0.205. The van der Waals surface area contributed by atoms with E-state index in [2.05, 4.69) is 47.1 Å². The van der Waals surface area contributed by atoms with Crippen LogP contribution in [-0.2, 0) is 6.42 Å². The summed E-state index contributed by atoms with van der Waals surface area (Å²) < 4.78 is 1.15. The molecule has 94 valence electrons. The van der Waals surface area contributed by atoms with Crippen LogP contribution in [0.3, 0.4) is 0 Å². The number of rotatable bonds is 3. The zero-order chi connectivity index (χ0) is 12.3. The number of benzene rings is 1. The first kappa shape index (κ1) is 13.4. The van der Waals surface area contributed by atoms with Crippen LogP contribution in [0.5, 0.6) is 0 Å². The maximum atomic E-state index is 6.67. The summed E-state index contributed by atoms with van der Waals surface area (Å²) in [5.74, 6) is 0. The van der Waals surface area contributed by atoms with E-state index in [1.807, 2.05) is 0 Å². The van der Waals surface area contributed by atoms with Gasteiger partial charge < -0.3 is 0 Å². The Morgan fingerprint density at radius 3 is 2.65 bits per heavy atom. The second-order valence-electron chi connectivity index (χ2n) is 5.52. The van der Waals surface area contributed by atoms with E-state index >= 15 is 0 Å². The molecule has 2 heteroatoms. The number of halogens is 2. The Hall–Kier alpha value is -0.0100. The molecule has 2 rings (SSSR count). The zero-order valence-corrected chi connectivity index (χ0v) is 12.7. The quantitative estimate of drug-likeness (QED) is 0.640. The third-order valence-corrected chi connectivity index (χ3v) is 5.23. The number of alkyl halides is 1. The second-order valence-corrected chi connectivity index (χ2v) is 6.96. The van der Waals surface area contributed by atoms with Crippen LogP contribution in [0.1, 0.15) is 44.6 Å². The average molecular weight is 316 g/mol. The van der Waals surface area contributed by atoms with Crippen molar-refractivity contribution in [2.24, 2.45) is 5.41 Å². The van der Waals surface area contributed by atoms with Crippen LogP contribution in [0.15, 0.2) is 28.7 Å². The van der Waals surface area contributed by atoms with Crippen molar-refractivity contribution in [1.82, 2.24) is 0 Å². The predicted molar refractivity (Wildman–Crippen MR) is 78.7 cm³/mol. The van der Waals surface area contributed by atoms with Crippen LogP contribution in [0.4, 0.5) is 0 Å². The van der Waals surface area contributed by atoms with Gasteiger partial charge in [-0.05, 0) is 42.4 Å². The average Bonchev–Trinajstić information content (AvgIpc) is 2.30. The molecule has 1 saturated carbocycles. The van der Waals surface area contributed by atoms with Crippen molar-refractivity contribution < 1.29 is 0 Å². The molecule has 0 bridgehead atoms. The lowest BCUT2D eigenvalue weighted by Gasteiger charge is -2.37. The highest BCUT2D eigenvalue weighted by Gasteiger charge is 2.34. The van der Waals surface area contributed by atoms with E-state index in [9.17, 15) is 0 Å². The van der Waals surface area contributed by atoms with Gasteiger partial charge in [0.25, 0.3) is 0 Å². The SMILES string of the molecule is CC1(C(Cl)Cc2cccc(Br)c2)CCCCC1. The number of hydrogen-bond acceptors (Lipinski definition) is 0. The summed E-state index contributed by atoms with van der Waals surface area (Å²) in [7, 11) is 0. The fourth-order valence-electron chi connectivity index (χ4n) is 2.79. The minimum absolute atomic E-state index is 0.261. The Labute approximate surface area is 118 Å².